The van der Waals surface area contributed by atoms with Gasteiger partial charge >= 0.3 is 5.97 Å². The van der Waals surface area contributed by atoms with Gasteiger partial charge in [0, 0.05) is 9.45 Å². The lowest BCUT2D eigenvalue weighted by molar-refractivity contribution is -0.136. The maximum atomic E-state index is 10.4. The van der Waals surface area contributed by atoms with Gasteiger partial charge in [0.25, 0.3) is 0 Å². The lowest BCUT2D eigenvalue weighted by Gasteiger charge is -2.02. The summed E-state index contributed by atoms with van der Waals surface area (Å²) in [6.45, 7) is 0. The summed E-state index contributed by atoms with van der Waals surface area (Å²) in [6.07, 6.45) is 0.0680. The summed E-state index contributed by atoms with van der Waals surface area (Å²) >= 11 is 7.82. The van der Waals surface area contributed by atoms with Gasteiger partial charge < -0.3 is 5.11 Å². The van der Waals surface area contributed by atoms with Crippen LogP contribution in [0.1, 0.15) is 11.1 Å². The third-order valence-electron chi connectivity index (χ3n) is 1.62. The minimum Gasteiger partial charge on any atom is -0.481 e. The Labute approximate surface area is 95.0 Å². The Bertz CT molecular complexity index is 325. The van der Waals surface area contributed by atoms with Crippen LogP contribution in [0.3, 0.4) is 0 Å². The number of halogens is 2. The molecule has 0 amide bonds. The van der Waals surface area contributed by atoms with Gasteiger partial charge in [-0.05, 0) is 39.8 Å². The van der Waals surface area contributed by atoms with Gasteiger partial charge in [-0.15, -0.1) is 11.6 Å². The van der Waals surface area contributed by atoms with E-state index in [4.69, 9.17) is 16.7 Å². The predicted molar refractivity (Wildman–Crippen MR) is 60.1 cm³/mol. The Hall–Kier alpha value is -0.290. The maximum Gasteiger partial charge on any atom is 0.307 e. The number of aliphatic carboxylic acids is 1. The summed E-state index contributed by atoms with van der Waals surface area (Å²) in [5.41, 5.74) is 1.85. The van der Waals surface area contributed by atoms with E-state index in [2.05, 4.69) is 22.6 Å². The highest BCUT2D eigenvalue weighted by Crippen LogP contribution is 2.16. The summed E-state index contributed by atoms with van der Waals surface area (Å²) in [7, 11) is 0. The quantitative estimate of drug-likeness (QED) is 0.688. The molecule has 0 spiro atoms. The number of carboxylic acids is 1. The molecular weight excluding hydrogens is 302 g/mol. The van der Waals surface area contributed by atoms with Crippen LogP contribution in [0.15, 0.2) is 18.2 Å². The van der Waals surface area contributed by atoms with Crippen LogP contribution in [0.2, 0.25) is 0 Å². The molecular formula is C9H8ClIO2. The van der Waals surface area contributed by atoms with Gasteiger partial charge in [0.15, 0.2) is 0 Å². The Morgan fingerprint density at radius 2 is 2.23 bits per heavy atom. The zero-order valence-corrected chi connectivity index (χ0v) is 9.67. The van der Waals surface area contributed by atoms with E-state index in [9.17, 15) is 4.79 Å². The van der Waals surface area contributed by atoms with E-state index in [1.54, 1.807) is 6.07 Å². The molecule has 1 aromatic rings. The molecule has 0 aliphatic carbocycles. The molecule has 4 heteroatoms. The van der Waals surface area contributed by atoms with Crippen LogP contribution in [0.5, 0.6) is 0 Å². The van der Waals surface area contributed by atoms with Gasteiger partial charge in [0.05, 0.1) is 6.42 Å². The average Bonchev–Trinajstić information content (AvgIpc) is 2.03. The number of hydrogen-bond donors (Lipinski definition) is 1. The van der Waals surface area contributed by atoms with Gasteiger partial charge in [0.1, 0.15) is 0 Å². The minimum atomic E-state index is -0.811. The maximum absolute atomic E-state index is 10.4. The average molecular weight is 311 g/mol. The zero-order valence-electron chi connectivity index (χ0n) is 6.76. The summed E-state index contributed by atoms with van der Waals surface area (Å²) in [4.78, 5) is 10.4. The van der Waals surface area contributed by atoms with Crippen molar-refractivity contribution in [1.82, 2.24) is 0 Å². The molecule has 0 heterocycles. The highest BCUT2D eigenvalue weighted by atomic mass is 127. The third-order valence-corrected chi connectivity index (χ3v) is 2.91. The van der Waals surface area contributed by atoms with Crippen molar-refractivity contribution < 1.29 is 9.90 Å². The minimum absolute atomic E-state index is 0.0680. The smallest absolute Gasteiger partial charge is 0.307 e. The molecule has 0 saturated heterocycles. The molecule has 2 nitrogen and oxygen atoms in total. The molecule has 0 radical (unpaired) electrons. The molecule has 0 saturated carbocycles. The zero-order chi connectivity index (χ0) is 9.84. The first-order valence-electron chi connectivity index (χ1n) is 3.68. The van der Waals surface area contributed by atoms with Gasteiger partial charge in [0.2, 0.25) is 0 Å². The summed E-state index contributed by atoms with van der Waals surface area (Å²) in [5.74, 6) is -0.347. The lowest BCUT2D eigenvalue weighted by Crippen LogP contribution is -2.00. The van der Waals surface area contributed by atoms with Gasteiger partial charge in [-0.3, -0.25) is 4.79 Å². The highest BCUT2D eigenvalue weighted by Gasteiger charge is 2.03. The van der Waals surface area contributed by atoms with Crippen LogP contribution in [0.25, 0.3) is 0 Å². The van der Waals surface area contributed by atoms with Crippen molar-refractivity contribution >= 4 is 40.2 Å². The molecule has 0 unspecified atom stereocenters. The van der Waals surface area contributed by atoms with Gasteiger partial charge in [-0.2, -0.15) is 0 Å². The lowest BCUT2D eigenvalue weighted by atomic mass is 10.1. The molecule has 0 aliphatic heterocycles. The SMILES string of the molecule is O=C(O)Cc1ccc(CCl)c(I)c1. The second-order valence-corrected chi connectivity index (χ2v) is 4.06. The van der Waals surface area contributed by atoms with Crippen molar-refractivity contribution in [1.29, 1.82) is 0 Å². The van der Waals surface area contributed by atoms with Crippen LogP contribution in [-0.2, 0) is 17.1 Å². The van der Waals surface area contributed by atoms with Gasteiger partial charge in [-0.1, -0.05) is 12.1 Å². The Balaban J connectivity index is 2.89. The molecule has 1 rings (SSSR count). The first-order chi connectivity index (χ1) is 6.13. The fraction of sp³-hybridized carbons (Fsp3) is 0.222. The number of carbonyl (C=O) groups is 1. The monoisotopic (exact) mass is 310 g/mol. The Kier molecular flexibility index (Phi) is 3.99. The number of benzene rings is 1. The van der Waals surface area contributed by atoms with Crippen molar-refractivity contribution in [3.63, 3.8) is 0 Å². The molecule has 1 N–H and O–H groups in total. The van der Waals surface area contributed by atoms with E-state index in [0.29, 0.717) is 5.88 Å². The fourth-order valence-electron chi connectivity index (χ4n) is 0.984. The van der Waals surface area contributed by atoms with Gasteiger partial charge in [-0.25, -0.2) is 0 Å². The standard InChI is InChI=1S/C9H8ClIO2/c10-5-7-2-1-6(3-8(7)11)4-9(12)13/h1-3H,4-5H2,(H,12,13). The topological polar surface area (TPSA) is 37.3 Å². The molecule has 13 heavy (non-hydrogen) atoms. The second-order valence-electron chi connectivity index (χ2n) is 2.63. The van der Waals surface area contributed by atoms with E-state index >= 15 is 0 Å². The van der Waals surface area contributed by atoms with E-state index in [0.717, 1.165) is 14.7 Å². The largest absolute Gasteiger partial charge is 0.481 e. The third kappa shape index (κ3) is 3.15. The number of carboxylic acid groups (broad SMARTS) is 1. The molecule has 0 aliphatic rings. The van der Waals surface area contributed by atoms with E-state index < -0.39 is 5.97 Å². The van der Waals surface area contributed by atoms with Crippen LogP contribution in [-0.4, -0.2) is 11.1 Å². The summed E-state index contributed by atoms with van der Waals surface area (Å²) in [6, 6.07) is 5.52. The molecule has 0 bridgehead atoms. The Morgan fingerprint density at radius 1 is 1.54 bits per heavy atom. The van der Waals surface area contributed by atoms with E-state index in [1.165, 1.54) is 0 Å². The van der Waals surface area contributed by atoms with Crippen molar-refractivity contribution in [2.45, 2.75) is 12.3 Å². The molecule has 70 valence electrons. The molecule has 1 aromatic carbocycles. The van der Waals surface area contributed by atoms with Crippen molar-refractivity contribution in [3.05, 3.63) is 32.9 Å². The summed E-state index contributed by atoms with van der Waals surface area (Å²) in [5, 5.41) is 8.56. The first kappa shape index (κ1) is 10.8. The van der Waals surface area contributed by atoms with E-state index in [1.807, 2.05) is 12.1 Å². The highest BCUT2D eigenvalue weighted by molar-refractivity contribution is 14.1. The number of rotatable bonds is 3. The van der Waals surface area contributed by atoms with Crippen LogP contribution < -0.4 is 0 Å². The first-order valence-corrected chi connectivity index (χ1v) is 5.30. The second kappa shape index (κ2) is 4.81. The van der Waals surface area contributed by atoms with Crippen LogP contribution in [0, 0.1) is 3.57 Å². The summed E-state index contributed by atoms with van der Waals surface area (Å²) < 4.78 is 1.02. The normalized spacial score (nSPS) is 10.0. The van der Waals surface area contributed by atoms with E-state index in [-0.39, 0.29) is 6.42 Å². The Morgan fingerprint density at radius 3 is 2.69 bits per heavy atom. The van der Waals surface area contributed by atoms with Crippen molar-refractivity contribution in [3.8, 4) is 0 Å². The van der Waals surface area contributed by atoms with Crippen LogP contribution in [0.4, 0.5) is 0 Å². The molecule has 0 aromatic heterocycles. The molecule has 0 fully saturated rings. The van der Waals surface area contributed by atoms with Crippen molar-refractivity contribution in [2.75, 3.05) is 0 Å². The molecule has 0 atom stereocenters. The fourth-order valence-corrected chi connectivity index (χ4v) is 2.21. The predicted octanol–water partition coefficient (Wildman–Crippen LogP) is 2.66. The van der Waals surface area contributed by atoms with Crippen molar-refractivity contribution in [2.24, 2.45) is 0 Å². The number of hydrogen-bond acceptors (Lipinski definition) is 1. The van der Waals surface area contributed by atoms with Crippen LogP contribution >= 0.6 is 34.2 Å². The number of alkyl halides is 1.